The molecule has 2 saturated heterocycles. The Balaban J connectivity index is 1.44. The van der Waals surface area contributed by atoms with Crippen LogP contribution < -0.4 is 5.32 Å². The summed E-state index contributed by atoms with van der Waals surface area (Å²) < 4.78 is 0. The van der Waals surface area contributed by atoms with Gasteiger partial charge in [-0.3, -0.25) is 14.6 Å². The summed E-state index contributed by atoms with van der Waals surface area (Å²) in [5, 5.41) is 3.35. The fourth-order valence-electron chi connectivity index (χ4n) is 3.91. The Morgan fingerprint density at radius 2 is 1.88 bits per heavy atom. The second-order valence-corrected chi connectivity index (χ2v) is 7.45. The molecule has 2 aliphatic rings. The molecule has 0 saturated carbocycles. The molecular formula is C20H32N4O. The van der Waals surface area contributed by atoms with Crippen molar-refractivity contribution in [3.8, 4) is 0 Å². The van der Waals surface area contributed by atoms with Crippen molar-refractivity contribution in [2.45, 2.75) is 32.4 Å². The fraction of sp³-hybridized carbons (Fsp3) is 0.650. The van der Waals surface area contributed by atoms with Crippen LogP contribution in [-0.2, 0) is 11.3 Å². The monoisotopic (exact) mass is 344 g/mol. The Labute approximate surface area is 152 Å². The molecule has 1 N–H and O–H groups in total. The van der Waals surface area contributed by atoms with Gasteiger partial charge in [-0.2, -0.15) is 0 Å². The van der Waals surface area contributed by atoms with E-state index in [0.717, 1.165) is 45.8 Å². The maximum absolute atomic E-state index is 12.6. The Bertz CT molecular complexity index is 569. The maximum Gasteiger partial charge on any atom is 0.236 e. The number of hydrogen-bond donors (Lipinski definition) is 1. The van der Waals surface area contributed by atoms with Gasteiger partial charge in [-0.1, -0.05) is 24.3 Å². The minimum absolute atomic E-state index is 0.298. The number of piperazine rings is 1. The minimum Gasteiger partial charge on any atom is -0.339 e. The quantitative estimate of drug-likeness (QED) is 0.875. The normalized spacial score (nSPS) is 23.0. The Kier molecular flexibility index (Phi) is 6.45. The second kappa shape index (κ2) is 8.79. The van der Waals surface area contributed by atoms with Crippen LogP contribution >= 0.6 is 0 Å². The van der Waals surface area contributed by atoms with Crippen LogP contribution in [0.15, 0.2) is 24.3 Å². The van der Waals surface area contributed by atoms with Crippen LogP contribution in [0.2, 0.25) is 0 Å². The van der Waals surface area contributed by atoms with Gasteiger partial charge in [0.25, 0.3) is 0 Å². The molecule has 25 heavy (non-hydrogen) atoms. The average Bonchev–Trinajstić information content (AvgIpc) is 2.64. The lowest BCUT2D eigenvalue weighted by Gasteiger charge is -2.37. The van der Waals surface area contributed by atoms with E-state index in [1.54, 1.807) is 0 Å². The number of nitrogens with one attached hydrogen (secondary N) is 1. The summed E-state index contributed by atoms with van der Waals surface area (Å²) in [5.41, 5.74) is 2.75. The highest BCUT2D eigenvalue weighted by molar-refractivity contribution is 5.78. The van der Waals surface area contributed by atoms with Crippen LogP contribution in [0.4, 0.5) is 0 Å². The number of benzene rings is 1. The van der Waals surface area contributed by atoms with E-state index < -0.39 is 0 Å². The first kappa shape index (κ1) is 18.4. The number of likely N-dealkylation sites (tertiary alicyclic amines) is 1. The van der Waals surface area contributed by atoms with Gasteiger partial charge in [0.05, 0.1) is 6.54 Å². The average molecular weight is 345 g/mol. The predicted octanol–water partition coefficient (Wildman–Crippen LogP) is 1.32. The molecule has 2 heterocycles. The van der Waals surface area contributed by atoms with E-state index in [1.165, 1.54) is 24.0 Å². The van der Waals surface area contributed by atoms with E-state index in [4.69, 9.17) is 0 Å². The molecule has 0 radical (unpaired) electrons. The lowest BCUT2D eigenvalue weighted by Crippen LogP contribution is -2.53. The Morgan fingerprint density at radius 1 is 1.12 bits per heavy atom. The first-order valence-electron chi connectivity index (χ1n) is 9.60. The molecule has 5 heteroatoms. The van der Waals surface area contributed by atoms with Gasteiger partial charge in [0.2, 0.25) is 5.91 Å². The summed E-state index contributed by atoms with van der Waals surface area (Å²) in [6, 6.07) is 9.12. The number of aryl methyl sites for hydroxylation is 1. The highest BCUT2D eigenvalue weighted by Gasteiger charge is 2.25. The third kappa shape index (κ3) is 5.03. The summed E-state index contributed by atoms with van der Waals surface area (Å²) in [5.74, 6) is 0.298. The zero-order valence-electron chi connectivity index (χ0n) is 15.7. The van der Waals surface area contributed by atoms with Gasteiger partial charge in [0.15, 0.2) is 0 Å². The van der Waals surface area contributed by atoms with Crippen LogP contribution in [0.5, 0.6) is 0 Å². The summed E-state index contributed by atoms with van der Waals surface area (Å²) >= 11 is 0. The number of hydrogen-bond acceptors (Lipinski definition) is 4. The number of nitrogens with zero attached hydrogens (tertiary/aromatic N) is 3. The van der Waals surface area contributed by atoms with E-state index in [1.807, 2.05) is 7.05 Å². The third-order valence-electron chi connectivity index (χ3n) is 5.65. The van der Waals surface area contributed by atoms with E-state index in [9.17, 15) is 4.79 Å². The van der Waals surface area contributed by atoms with Gasteiger partial charge in [0.1, 0.15) is 0 Å². The van der Waals surface area contributed by atoms with Crippen molar-refractivity contribution in [1.29, 1.82) is 0 Å². The Hall–Kier alpha value is -1.43. The highest BCUT2D eigenvalue weighted by Crippen LogP contribution is 2.14. The SMILES string of the molecule is CNC1CCCN(CC(=O)N2CCN(Cc3ccccc3C)CC2)C1. The third-order valence-corrected chi connectivity index (χ3v) is 5.65. The molecular weight excluding hydrogens is 312 g/mol. The van der Waals surface area contributed by atoms with Crippen molar-refractivity contribution in [2.24, 2.45) is 0 Å². The molecule has 138 valence electrons. The molecule has 5 nitrogen and oxygen atoms in total. The van der Waals surface area contributed by atoms with Gasteiger partial charge in [-0.05, 0) is 44.5 Å². The molecule has 1 unspecified atom stereocenters. The molecule has 3 rings (SSSR count). The minimum atomic E-state index is 0.298. The van der Waals surface area contributed by atoms with E-state index in [2.05, 4.69) is 51.2 Å². The van der Waals surface area contributed by atoms with Crippen LogP contribution in [0.25, 0.3) is 0 Å². The van der Waals surface area contributed by atoms with Gasteiger partial charge >= 0.3 is 0 Å². The molecule has 2 aliphatic heterocycles. The van der Waals surface area contributed by atoms with E-state index >= 15 is 0 Å². The zero-order chi connectivity index (χ0) is 17.6. The van der Waals surface area contributed by atoms with E-state index in [-0.39, 0.29) is 0 Å². The maximum atomic E-state index is 12.6. The molecule has 2 fully saturated rings. The zero-order valence-corrected chi connectivity index (χ0v) is 15.7. The van der Waals surface area contributed by atoms with Crippen molar-refractivity contribution in [3.63, 3.8) is 0 Å². The number of carbonyl (C=O) groups is 1. The molecule has 1 atom stereocenters. The van der Waals surface area contributed by atoms with Crippen molar-refractivity contribution >= 4 is 5.91 Å². The van der Waals surface area contributed by atoms with Crippen molar-refractivity contribution in [1.82, 2.24) is 20.0 Å². The first-order chi connectivity index (χ1) is 12.2. The molecule has 0 spiro atoms. The second-order valence-electron chi connectivity index (χ2n) is 7.45. The number of rotatable bonds is 5. The summed E-state index contributed by atoms with van der Waals surface area (Å²) in [6.45, 7) is 9.44. The summed E-state index contributed by atoms with van der Waals surface area (Å²) in [6.07, 6.45) is 2.40. The lowest BCUT2D eigenvalue weighted by molar-refractivity contribution is -0.134. The van der Waals surface area contributed by atoms with Crippen molar-refractivity contribution < 1.29 is 4.79 Å². The van der Waals surface area contributed by atoms with Gasteiger partial charge in [0, 0.05) is 45.3 Å². The Morgan fingerprint density at radius 3 is 2.60 bits per heavy atom. The van der Waals surface area contributed by atoms with Crippen molar-refractivity contribution in [2.75, 3.05) is 52.9 Å². The van der Waals surface area contributed by atoms with Crippen LogP contribution in [0.3, 0.4) is 0 Å². The molecule has 1 amide bonds. The smallest absolute Gasteiger partial charge is 0.236 e. The van der Waals surface area contributed by atoms with Gasteiger partial charge < -0.3 is 10.2 Å². The number of carbonyl (C=O) groups excluding carboxylic acids is 1. The first-order valence-corrected chi connectivity index (χ1v) is 9.60. The molecule has 1 aromatic carbocycles. The van der Waals surface area contributed by atoms with Crippen molar-refractivity contribution in [3.05, 3.63) is 35.4 Å². The lowest BCUT2D eigenvalue weighted by atomic mass is 10.1. The van der Waals surface area contributed by atoms with Crippen LogP contribution in [0.1, 0.15) is 24.0 Å². The number of piperidine rings is 1. The topological polar surface area (TPSA) is 38.8 Å². The molecule has 0 bridgehead atoms. The molecule has 0 aromatic heterocycles. The fourth-order valence-corrected chi connectivity index (χ4v) is 3.91. The summed E-state index contributed by atoms with van der Waals surface area (Å²) in [4.78, 5) is 19.5. The van der Waals surface area contributed by atoms with Crippen LogP contribution in [-0.4, -0.2) is 79.5 Å². The van der Waals surface area contributed by atoms with E-state index in [0.29, 0.717) is 18.5 Å². The largest absolute Gasteiger partial charge is 0.339 e. The molecule has 1 aromatic rings. The number of amides is 1. The molecule has 0 aliphatic carbocycles. The summed E-state index contributed by atoms with van der Waals surface area (Å²) in [7, 11) is 2.02. The predicted molar refractivity (Wildman–Crippen MR) is 102 cm³/mol. The van der Waals surface area contributed by atoms with Crippen LogP contribution in [0, 0.1) is 6.92 Å². The van der Waals surface area contributed by atoms with Gasteiger partial charge in [-0.15, -0.1) is 0 Å². The standard InChI is InChI=1S/C20H32N4O/c1-17-6-3-4-7-18(17)14-22-10-12-24(13-11-22)20(25)16-23-9-5-8-19(15-23)21-2/h3-4,6-7,19,21H,5,8-16H2,1-2H3. The number of likely N-dealkylation sites (N-methyl/N-ethyl adjacent to an activating group) is 1. The van der Waals surface area contributed by atoms with Gasteiger partial charge in [-0.25, -0.2) is 0 Å². The highest BCUT2D eigenvalue weighted by atomic mass is 16.2.